The van der Waals surface area contributed by atoms with Crippen molar-refractivity contribution in [3.8, 4) is 11.5 Å². The number of carbonyl (C=O) groups excluding carboxylic acids is 2. The van der Waals surface area contributed by atoms with Crippen LogP contribution in [0.15, 0.2) is 51.8 Å². The maximum Gasteiger partial charge on any atom is 0.336 e. The number of amides is 1. The summed E-state index contributed by atoms with van der Waals surface area (Å²) in [6, 6.07) is 8.36. The van der Waals surface area contributed by atoms with E-state index in [2.05, 4.69) is 10.3 Å². The van der Waals surface area contributed by atoms with Crippen molar-refractivity contribution < 1.29 is 29.0 Å². The van der Waals surface area contributed by atoms with Gasteiger partial charge in [-0.25, -0.2) is 4.79 Å². The predicted molar refractivity (Wildman–Crippen MR) is 127 cm³/mol. The number of fused-ring (bicyclic) bond motifs is 2. The fourth-order valence-electron chi connectivity index (χ4n) is 4.17. The highest BCUT2D eigenvalue weighted by Crippen LogP contribution is 2.29. The first-order valence-electron chi connectivity index (χ1n) is 11.2. The molecule has 2 aromatic carbocycles. The molecule has 2 heterocycles. The summed E-state index contributed by atoms with van der Waals surface area (Å²) in [5, 5.41) is 25.3. The number of rotatable bonds is 9. The van der Waals surface area contributed by atoms with Crippen molar-refractivity contribution in [2.45, 2.75) is 39.2 Å². The van der Waals surface area contributed by atoms with Gasteiger partial charge in [-0.05, 0) is 54.8 Å². The summed E-state index contributed by atoms with van der Waals surface area (Å²) in [6.07, 6.45) is 3.18. The maximum absolute atomic E-state index is 12.5. The molecule has 0 bridgehead atoms. The van der Waals surface area contributed by atoms with Gasteiger partial charge in [0.1, 0.15) is 17.1 Å². The number of aryl methyl sites for hydroxylation is 2. The Morgan fingerprint density at radius 3 is 2.71 bits per heavy atom. The monoisotopic (exact) mass is 477 g/mol. The minimum atomic E-state index is -1.44. The van der Waals surface area contributed by atoms with Gasteiger partial charge in [0.15, 0.2) is 6.61 Å². The normalized spacial score (nSPS) is 12.1. The largest absolute Gasteiger partial charge is 0.548 e. The molecule has 9 heteroatoms. The van der Waals surface area contributed by atoms with Crippen LogP contribution in [-0.2, 0) is 22.4 Å². The summed E-state index contributed by atoms with van der Waals surface area (Å²) in [7, 11) is 0. The lowest BCUT2D eigenvalue weighted by atomic mass is 10.0. The number of aromatic hydroxyl groups is 1. The van der Waals surface area contributed by atoms with E-state index in [1.165, 1.54) is 18.2 Å². The summed E-state index contributed by atoms with van der Waals surface area (Å²) in [5.74, 6) is -1.70. The van der Waals surface area contributed by atoms with E-state index in [0.717, 1.165) is 29.3 Å². The second kappa shape index (κ2) is 9.92. The van der Waals surface area contributed by atoms with Gasteiger partial charge in [-0.3, -0.25) is 4.79 Å². The number of phenols is 1. The smallest absolute Gasteiger partial charge is 0.336 e. The lowest BCUT2D eigenvalue weighted by Crippen LogP contribution is -2.50. The van der Waals surface area contributed by atoms with Crippen LogP contribution >= 0.6 is 0 Å². The third kappa shape index (κ3) is 5.13. The SMILES string of the molecule is CCCc1cc(=O)oc2c(C)c(OCC(=O)N[C@H](Cc3c[nH]c4ccc(O)cc34)C(=O)[O-])ccc12. The molecule has 0 saturated carbocycles. The van der Waals surface area contributed by atoms with Crippen molar-refractivity contribution in [2.75, 3.05) is 6.61 Å². The molecule has 9 nitrogen and oxygen atoms in total. The molecule has 0 radical (unpaired) electrons. The molecular formula is C26H25N2O7-. The van der Waals surface area contributed by atoms with Crippen LogP contribution in [0.25, 0.3) is 21.9 Å². The lowest BCUT2D eigenvalue weighted by Gasteiger charge is -2.20. The first-order chi connectivity index (χ1) is 16.8. The number of carboxylic acids is 1. The number of nitrogens with one attached hydrogen (secondary N) is 2. The molecule has 0 unspecified atom stereocenters. The van der Waals surface area contributed by atoms with Crippen molar-refractivity contribution >= 4 is 33.7 Å². The Balaban J connectivity index is 1.47. The zero-order chi connectivity index (χ0) is 25.1. The number of hydrogen-bond acceptors (Lipinski definition) is 7. The second-order valence-corrected chi connectivity index (χ2v) is 8.38. The predicted octanol–water partition coefficient (Wildman–Crippen LogP) is 2.10. The molecular weight excluding hydrogens is 452 g/mol. The van der Waals surface area contributed by atoms with E-state index in [4.69, 9.17) is 9.15 Å². The van der Waals surface area contributed by atoms with Crippen molar-refractivity contribution in [3.05, 3.63) is 69.7 Å². The molecule has 0 fully saturated rings. The Kier molecular flexibility index (Phi) is 6.77. The standard InChI is InChI=1S/C26H26N2O7/c1-3-4-15-10-24(31)35-25-14(2)22(8-6-18(15)25)34-13-23(30)28-21(26(32)33)9-16-12-27-20-7-5-17(29)11-19(16)20/h5-8,10-12,21,27,29H,3-4,9,13H2,1-2H3,(H,28,30)(H,32,33)/p-1/t21-/m1/s1. The van der Waals surface area contributed by atoms with Crippen molar-refractivity contribution in [2.24, 2.45) is 0 Å². The van der Waals surface area contributed by atoms with Crippen LogP contribution in [0.1, 0.15) is 30.0 Å². The van der Waals surface area contributed by atoms with Gasteiger partial charge >= 0.3 is 5.63 Å². The Labute approximate surface area is 200 Å². The van der Waals surface area contributed by atoms with Crippen LogP contribution in [0.3, 0.4) is 0 Å². The highest BCUT2D eigenvalue weighted by Gasteiger charge is 2.18. The van der Waals surface area contributed by atoms with Crippen molar-refractivity contribution in [3.63, 3.8) is 0 Å². The van der Waals surface area contributed by atoms with E-state index in [1.807, 2.05) is 6.92 Å². The van der Waals surface area contributed by atoms with Crippen LogP contribution < -0.4 is 20.8 Å². The van der Waals surface area contributed by atoms with Crippen LogP contribution in [0, 0.1) is 6.92 Å². The average molecular weight is 477 g/mol. The van der Waals surface area contributed by atoms with Gasteiger partial charge in [0.25, 0.3) is 5.91 Å². The van der Waals surface area contributed by atoms with E-state index in [-0.39, 0.29) is 12.2 Å². The summed E-state index contributed by atoms with van der Waals surface area (Å²) < 4.78 is 11.0. The van der Waals surface area contributed by atoms with E-state index >= 15 is 0 Å². The minimum absolute atomic E-state index is 0.0438. The van der Waals surface area contributed by atoms with Gasteiger partial charge in [-0.1, -0.05) is 13.3 Å². The highest BCUT2D eigenvalue weighted by atomic mass is 16.5. The number of aliphatic carboxylic acids is 1. The number of H-pyrrole nitrogens is 1. The number of carbonyl (C=O) groups is 2. The minimum Gasteiger partial charge on any atom is -0.548 e. The number of ether oxygens (including phenoxy) is 1. The van der Waals surface area contributed by atoms with Gasteiger partial charge in [0, 0.05) is 40.5 Å². The summed E-state index contributed by atoms with van der Waals surface area (Å²) in [5.41, 5.74) is 2.73. The summed E-state index contributed by atoms with van der Waals surface area (Å²) in [6.45, 7) is 3.31. The molecule has 2 aromatic heterocycles. The number of hydrogen-bond donors (Lipinski definition) is 3. The zero-order valence-electron chi connectivity index (χ0n) is 19.3. The first-order valence-corrected chi connectivity index (χ1v) is 11.2. The Bertz CT molecular complexity index is 1470. The number of aromatic nitrogens is 1. The highest BCUT2D eigenvalue weighted by molar-refractivity contribution is 5.88. The number of aromatic amines is 1. The fraction of sp³-hybridized carbons (Fsp3) is 0.269. The average Bonchev–Trinajstić information content (AvgIpc) is 3.20. The van der Waals surface area contributed by atoms with E-state index < -0.39 is 30.2 Å². The molecule has 35 heavy (non-hydrogen) atoms. The molecule has 1 atom stereocenters. The van der Waals surface area contributed by atoms with Crippen molar-refractivity contribution in [1.82, 2.24) is 10.3 Å². The molecule has 4 rings (SSSR count). The molecule has 0 saturated heterocycles. The second-order valence-electron chi connectivity index (χ2n) is 8.38. The molecule has 4 aromatic rings. The quantitative estimate of drug-likeness (QED) is 0.313. The number of benzene rings is 2. The molecule has 0 spiro atoms. The molecule has 182 valence electrons. The van der Waals surface area contributed by atoms with Gasteiger partial charge in [-0.2, -0.15) is 0 Å². The Morgan fingerprint density at radius 1 is 1.17 bits per heavy atom. The van der Waals surface area contributed by atoms with Gasteiger partial charge in [0.2, 0.25) is 0 Å². The molecule has 1 amide bonds. The third-order valence-corrected chi connectivity index (χ3v) is 5.87. The summed E-state index contributed by atoms with van der Waals surface area (Å²) in [4.78, 5) is 39.2. The van der Waals surface area contributed by atoms with Gasteiger partial charge < -0.3 is 34.5 Å². The number of carboxylic acid groups (broad SMARTS) is 1. The van der Waals surface area contributed by atoms with Gasteiger partial charge in [0.05, 0.1) is 12.0 Å². The van der Waals surface area contributed by atoms with E-state index in [1.54, 1.807) is 31.3 Å². The van der Waals surface area contributed by atoms with E-state index in [0.29, 0.717) is 27.8 Å². The molecule has 0 aliphatic carbocycles. The maximum atomic E-state index is 12.5. The Hall–Kier alpha value is -4.27. The van der Waals surface area contributed by atoms with E-state index in [9.17, 15) is 24.6 Å². The third-order valence-electron chi connectivity index (χ3n) is 5.87. The molecule has 0 aliphatic heterocycles. The van der Waals surface area contributed by atoms with Crippen LogP contribution in [-0.4, -0.2) is 34.6 Å². The van der Waals surface area contributed by atoms with Gasteiger partial charge in [-0.15, -0.1) is 0 Å². The Morgan fingerprint density at radius 2 is 1.97 bits per heavy atom. The summed E-state index contributed by atoms with van der Waals surface area (Å²) >= 11 is 0. The van der Waals surface area contributed by atoms with Crippen LogP contribution in [0.4, 0.5) is 0 Å². The van der Waals surface area contributed by atoms with Crippen LogP contribution in [0.5, 0.6) is 11.5 Å². The van der Waals surface area contributed by atoms with Crippen LogP contribution in [0.2, 0.25) is 0 Å². The number of phenolic OH excluding ortho intramolecular Hbond substituents is 1. The molecule has 3 N–H and O–H groups in total. The van der Waals surface area contributed by atoms with Crippen molar-refractivity contribution in [1.29, 1.82) is 0 Å². The zero-order valence-corrected chi connectivity index (χ0v) is 19.3. The topological polar surface area (TPSA) is 145 Å². The molecule has 0 aliphatic rings. The lowest BCUT2D eigenvalue weighted by molar-refractivity contribution is -0.308. The fourth-order valence-corrected chi connectivity index (χ4v) is 4.17. The first kappa shape index (κ1) is 23.9.